The number of aromatic nitrogens is 2. The van der Waals surface area contributed by atoms with Crippen molar-refractivity contribution in [2.45, 2.75) is 24.5 Å². The van der Waals surface area contributed by atoms with E-state index in [0.29, 0.717) is 0 Å². The van der Waals surface area contributed by atoms with Gasteiger partial charge in [0.2, 0.25) is 5.95 Å². The van der Waals surface area contributed by atoms with Crippen molar-refractivity contribution in [3.05, 3.63) is 10.4 Å². The maximum Gasteiger partial charge on any atom is 0.469 e. The number of rotatable bonds is 5. The van der Waals surface area contributed by atoms with Crippen LogP contribution in [0.2, 0.25) is 0 Å². The minimum Gasteiger partial charge on any atom is -0.391 e. The van der Waals surface area contributed by atoms with Gasteiger partial charge in [-0.05, 0) is 0 Å². The van der Waals surface area contributed by atoms with E-state index in [9.17, 15) is 19.6 Å². The first kappa shape index (κ1) is 17.6. The zero-order valence-corrected chi connectivity index (χ0v) is 12.4. The van der Waals surface area contributed by atoms with Gasteiger partial charge in [-0.1, -0.05) is 0 Å². The number of nitrogen functional groups attached to an aromatic ring is 2. The molecule has 0 amide bonds. The SMILES string of the molecule is Nc1nc(NC2OC(COP(=O)(O)O)C(O)C2O)c(N)c(=O)[nH]1. The first-order valence-electron chi connectivity index (χ1n) is 6.22. The van der Waals surface area contributed by atoms with Crippen LogP contribution in [0.3, 0.4) is 0 Å². The van der Waals surface area contributed by atoms with Crippen molar-refractivity contribution >= 4 is 25.3 Å². The normalized spacial score (nSPS) is 28.0. The van der Waals surface area contributed by atoms with Gasteiger partial charge in [-0.15, -0.1) is 0 Å². The number of hydrogen-bond acceptors (Lipinski definition) is 10. The van der Waals surface area contributed by atoms with Crippen molar-refractivity contribution in [3.8, 4) is 0 Å². The third kappa shape index (κ3) is 4.17. The Morgan fingerprint density at radius 1 is 1.35 bits per heavy atom. The van der Waals surface area contributed by atoms with Crippen LogP contribution in [-0.4, -0.2) is 61.1 Å². The predicted molar refractivity (Wildman–Crippen MR) is 76.0 cm³/mol. The van der Waals surface area contributed by atoms with Crippen LogP contribution in [-0.2, 0) is 13.8 Å². The molecule has 1 saturated heterocycles. The smallest absolute Gasteiger partial charge is 0.391 e. The first-order chi connectivity index (χ1) is 10.6. The second-order valence-corrected chi connectivity index (χ2v) is 5.96. The summed E-state index contributed by atoms with van der Waals surface area (Å²) < 4.78 is 20.1. The summed E-state index contributed by atoms with van der Waals surface area (Å²) in [6.07, 6.45) is -5.48. The summed E-state index contributed by atoms with van der Waals surface area (Å²) in [6, 6.07) is 0. The monoisotopic (exact) mass is 353 g/mol. The minimum absolute atomic E-state index is 0.181. The third-order valence-electron chi connectivity index (χ3n) is 3.02. The van der Waals surface area contributed by atoms with Crippen LogP contribution in [0.4, 0.5) is 17.5 Å². The fourth-order valence-corrected chi connectivity index (χ4v) is 2.26. The molecule has 10 N–H and O–H groups in total. The molecule has 14 heteroatoms. The number of ether oxygens (including phenoxy) is 1. The number of H-pyrrole nitrogens is 1. The molecule has 23 heavy (non-hydrogen) atoms. The summed E-state index contributed by atoms with van der Waals surface area (Å²) in [5, 5.41) is 22.1. The maximum absolute atomic E-state index is 11.5. The highest BCUT2D eigenvalue weighted by Crippen LogP contribution is 2.37. The second-order valence-electron chi connectivity index (χ2n) is 4.72. The summed E-state index contributed by atoms with van der Waals surface area (Å²) in [5.41, 5.74) is 9.84. The van der Waals surface area contributed by atoms with E-state index in [4.69, 9.17) is 26.0 Å². The van der Waals surface area contributed by atoms with Crippen molar-refractivity contribution in [3.63, 3.8) is 0 Å². The lowest BCUT2D eigenvalue weighted by molar-refractivity contribution is -0.0151. The molecule has 1 aromatic rings. The molecular weight excluding hydrogens is 337 g/mol. The Morgan fingerprint density at radius 3 is 2.61 bits per heavy atom. The largest absolute Gasteiger partial charge is 0.469 e. The van der Waals surface area contributed by atoms with Gasteiger partial charge in [-0.2, -0.15) is 4.98 Å². The number of aromatic amines is 1. The van der Waals surface area contributed by atoms with Crippen LogP contribution in [0, 0.1) is 0 Å². The van der Waals surface area contributed by atoms with Gasteiger partial charge in [0.1, 0.15) is 24.0 Å². The molecule has 4 unspecified atom stereocenters. The molecule has 2 rings (SSSR count). The molecule has 0 aromatic carbocycles. The van der Waals surface area contributed by atoms with Crippen molar-refractivity contribution in [2.24, 2.45) is 0 Å². The molecular formula is C9H16N5O8P. The van der Waals surface area contributed by atoms with E-state index in [2.05, 4.69) is 19.8 Å². The van der Waals surface area contributed by atoms with Crippen LogP contribution in [0.1, 0.15) is 0 Å². The Balaban J connectivity index is 2.10. The summed E-state index contributed by atoms with van der Waals surface area (Å²) >= 11 is 0. The summed E-state index contributed by atoms with van der Waals surface area (Å²) in [4.78, 5) is 34.6. The molecule has 0 aliphatic carbocycles. The zero-order valence-electron chi connectivity index (χ0n) is 11.5. The number of nitrogens with two attached hydrogens (primary N) is 2. The molecule has 0 saturated carbocycles. The molecule has 13 nitrogen and oxygen atoms in total. The van der Waals surface area contributed by atoms with E-state index >= 15 is 0 Å². The fourth-order valence-electron chi connectivity index (χ4n) is 1.92. The number of hydrogen-bond donors (Lipinski definition) is 8. The van der Waals surface area contributed by atoms with Gasteiger partial charge < -0.3 is 41.5 Å². The molecule has 0 bridgehead atoms. The topological polar surface area (TPSA) is 226 Å². The van der Waals surface area contributed by atoms with Crippen LogP contribution < -0.4 is 22.3 Å². The lowest BCUT2D eigenvalue weighted by Crippen LogP contribution is -2.37. The number of phosphoric ester groups is 1. The van der Waals surface area contributed by atoms with Crippen molar-refractivity contribution in [2.75, 3.05) is 23.4 Å². The second kappa shape index (κ2) is 6.41. The van der Waals surface area contributed by atoms with Gasteiger partial charge >= 0.3 is 7.82 Å². The molecule has 2 heterocycles. The van der Waals surface area contributed by atoms with Crippen molar-refractivity contribution in [1.29, 1.82) is 0 Å². The Morgan fingerprint density at radius 2 is 2.00 bits per heavy atom. The predicted octanol–water partition coefficient (Wildman–Crippen LogP) is -3.10. The summed E-state index contributed by atoms with van der Waals surface area (Å²) in [6.45, 7) is -0.666. The highest BCUT2D eigenvalue weighted by Gasteiger charge is 2.44. The van der Waals surface area contributed by atoms with E-state index in [1.54, 1.807) is 0 Å². The van der Waals surface area contributed by atoms with Gasteiger partial charge in [0, 0.05) is 0 Å². The minimum atomic E-state index is -4.76. The average Bonchev–Trinajstić information content (AvgIpc) is 2.69. The number of anilines is 3. The Labute approximate surface area is 128 Å². The van der Waals surface area contributed by atoms with Crippen LogP contribution in [0.25, 0.3) is 0 Å². The van der Waals surface area contributed by atoms with Gasteiger partial charge in [-0.3, -0.25) is 14.3 Å². The summed E-state index contributed by atoms with van der Waals surface area (Å²) in [5.74, 6) is -0.417. The fraction of sp³-hybridized carbons (Fsp3) is 0.556. The molecule has 130 valence electrons. The van der Waals surface area contributed by atoms with E-state index in [1.807, 2.05) is 0 Å². The quantitative estimate of drug-likeness (QED) is 0.246. The zero-order chi connectivity index (χ0) is 17.4. The molecule has 4 atom stereocenters. The van der Waals surface area contributed by atoms with Crippen LogP contribution >= 0.6 is 7.82 Å². The van der Waals surface area contributed by atoms with E-state index in [-0.39, 0.29) is 17.5 Å². The number of nitrogens with one attached hydrogen (secondary N) is 2. The standard InChI is InChI=1S/C9H16N5O8P/c10-3-6(13-9(11)14-7(3)17)12-8-5(16)4(15)2(22-8)1-21-23(18,19)20/h2,4-5,8,15-16H,1,10H2,(H2,18,19,20)(H4,11,12,13,14,17). The molecule has 1 aromatic heterocycles. The van der Waals surface area contributed by atoms with Gasteiger partial charge in [0.05, 0.1) is 6.61 Å². The van der Waals surface area contributed by atoms with Gasteiger partial charge in [0.15, 0.2) is 12.0 Å². The highest BCUT2D eigenvalue weighted by atomic mass is 31.2. The average molecular weight is 353 g/mol. The van der Waals surface area contributed by atoms with E-state index < -0.39 is 44.5 Å². The van der Waals surface area contributed by atoms with E-state index in [1.165, 1.54) is 0 Å². The number of aliphatic hydroxyl groups excluding tert-OH is 2. The Hall–Kier alpha value is -1.73. The summed E-state index contributed by atoms with van der Waals surface area (Å²) in [7, 11) is -4.76. The maximum atomic E-state index is 11.5. The highest BCUT2D eigenvalue weighted by molar-refractivity contribution is 7.46. The third-order valence-corrected chi connectivity index (χ3v) is 3.51. The Bertz CT molecular complexity index is 676. The van der Waals surface area contributed by atoms with Crippen LogP contribution in [0.15, 0.2) is 4.79 Å². The van der Waals surface area contributed by atoms with Gasteiger partial charge in [-0.25, -0.2) is 4.57 Å². The van der Waals surface area contributed by atoms with Gasteiger partial charge in [0.25, 0.3) is 5.56 Å². The molecule has 0 spiro atoms. The Kier molecular flexibility index (Phi) is 4.91. The lowest BCUT2D eigenvalue weighted by Gasteiger charge is -2.18. The molecule has 1 fully saturated rings. The molecule has 1 aliphatic rings. The number of nitrogens with zero attached hydrogens (tertiary/aromatic N) is 1. The van der Waals surface area contributed by atoms with Crippen LogP contribution in [0.5, 0.6) is 0 Å². The molecule has 1 aliphatic heterocycles. The van der Waals surface area contributed by atoms with E-state index in [0.717, 1.165) is 0 Å². The van der Waals surface area contributed by atoms with Crippen molar-refractivity contribution < 1.29 is 33.8 Å². The number of phosphoric acid groups is 1. The van der Waals surface area contributed by atoms with Crippen molar-refractivity contribution in [1.82, 2.24) is 9.97 Å². The number of aliphatic hydroxyl groups is 2. The first-order valence-corrected chi connectivity index (χ1v) is 7.75. The molecule has 0 radical (unpaired) electrons. The lowest BCUT2D eigenvalue weighted by atomic mass is 10.1.